The van der Waals surface area contributed by atoms with E-state index in [2.05, 4.69) is 19.2 Å². The van der Waals surface area contributed by atoms with Crippen LogP contribution in [0.1, 0.15) is 48.2 Å². The fourth-order valence-corrected chi connectivity index (χ4v) is 2.87. The zero-order chi connectivity index (χ0) is 19.6. The van der Waals surface area contributed by atoms with Gasteiger partial charge in [0.15, 0.2) is 17.6 Å². The molecule has 27 heavy (non-hydrogen) atoms. The maximum absolute atomic E-state index is 12.6. The van der Waals surface area contributed by atoms with Gasteiger partial charge in [-0.3, -0.25) is 4.79 Å². The van der Waals surface area contributed by atoms with Gasteiger partial charge in [0, 0.05) is 5.69 Å². The molecule has 1 aliphatic heterocycles. The Balaban J connectivity index is 1.69. The van der Waals surface area contributed by atoms with E-state index < -0.39 is 12.1 Å². The van der Waals surface area contributed by atoms with Crippen molar-refractivity contribution in [3.63, 3.8) is 0 Å². The van der Waals surface area contributed by atoms with Crippen molar-refractivity contribution in [3.8, 4) is 11.5 Å². The zero-order valence-electron chi connectivity index (χ0n) is 15.9. The fraction of sp³-hybridized carbons (Fsp3) is 0.333. The number of amides is 1. The van der Waals surface area contributed by atoms with Crippen LogP contribution in [0.4, 0.5) is 5.69 Å². The Morgan fingerprint density at radius 2 is 1.81 bits per heavy atom. The van der Waals surface area contributed by atoms with Gasteiger partial charge in [0.2, 0.25) is 6.79 Å². The number of ether oxygens (including phenoxy) is 3. The molecule has 2 aromatic carbocycles. The number of fused-ring (bicyclic) bond motifs is 1. The fourth-order valence-electron chi connectivity index (χ4n) is 2.87. The van der Waals surface area contributed by atoms with Gasteiger partial charge in [-0.15, -0.1) is 0 Å². The lowest BCUT2D eigenvalue weighted by Gasteiger charge is -2.19. The lowest BCUT2D eigenvalue weighted by Crippen LogP contribution is -2.30. The smallest absolute Gasteiger partial charge is 0.339 e. The van der Waals surface area contributed by atoms with Crippen molar-refractivity contribution >= 4 is 17.6 Å². The minimum Gasteiger partial charge on any atom is -0.454 e. The van der Waals surface area contributed by atoms with Crippen LogP contribution in [0.5, 0.6) is 11.5 Å². The summed E-state index contributed by atoms with van der Waals surface area (Å²) < 4.78 is 15.8. The van der Waals surface area contributed by atoms with E-state index in [0.717, 1.165) is 16.8 Å². The summed E-state index contributed by atoms with van der Waals surface area (Å²) in [4.78, 5) is 24.9. The third-order valence-electron chi connectivity index (χ3n) is 4.44. The molecule has 1 amide bonds. The molecule has 3 rings (SSSR count). The Bertz CT molecular complexity index is 875. The summed E-state index contributed by atoms with van der Waals surface area (Å²) in [6.07, 6.45) is -0.942. The normalized spacial score (nSPS) is 13.4. The SMILES string of the molecule is Cc1cccc(C(C)C)c1NC(=O)[C@@H](C)OC(=O)c1ccc2c(c1)OCO2. The average molecular weight is 369 g/mol. The minimum atomic E-state index is -0.942. The number of aryl methyl sites for hydroxylation is 1. The van der Waals surface area contributed by atoms with E-state index in [4.69, 9.17) is 14.2 Å². The molecule has 142 valence electrons. The molecule has 0 spiro atoms. The Morgan fingerprint density at radius 3 is 2.56 bits per heavy atom. The van der Waals surface area contributed by atoms with Crippen LogP contribution in [0.3, 0.4) is 0 Å². The molecule has 1 aliphatic rings. The number of hydrogen-bond donors (Lipinski definition) is 1. The molecule has 0 fully saturated rings. The first-order valence-electron chi connectivity index (χ1n) is 8.88. The molecule has 1 heterocycles. The monoisotopic (exact) mass is 369 g/mol. The van der Waals surface area contributed by atoms with E-state index in [-0.39, 0.29) is 18.6 Å². The lowest BCUT2D eigenvalue weighted by atomic mass is 9.98. The number of hydrogen-bond acceptors (Lipinski definition) is 5. The molecule has 0 saturated heterocycles. The quantitative estimate of drug-likeness (QED) is 0.806. The summed E-state index contributed by atoms with van der Waals surface area (Å²) in [7, 11) is 0. The third-order valence-corrected chi connectivity index (χ3v) is 4.44. The van der Waals surface area contributed by atoms with Crippen LogP contribution >= 0.6 is 0 Å². The number of rotatable bonds is 5. The molecule has 6 nitrogen and oxygen atoms in total. The summed E-state index contributed by atoms with van der Waals surface area (Å²) in [5.41, 5.74) is 3.07. The molecule has 6 heteroatoms. The molecule has 0 radical (unpaired) electrons. The van der Waals surface area contributed by atoms with Gasteiger partial charge >= 0.3 is 5.97 Å². The first-order chi connectivity index (χ1) is 12.9. The van der Waals surface area contributed by atoms with Crippen molar-refractivity contribution in [2.24, 2.45) is 0 Å². The van der Waals surface area contributed by atoms with Crippen LogP contribution in [0, 0.1) is 6.92 Å². The van der Waals surface area contributed by atoms with Crippen LogP contribution in [0.15, 0.2) is 36.4 Å². The Morgan fingerprint density at radius 1 is 1.07 bits per heavy atom. The zero-order valence-corrected chi connectivity index (χ0v) is 15.9. The van der Waals surface area contributed by atoms with E-state index in [1.807, 2.05) is 25.1 Å². The van der Waals surface area contributed by atoms with Gasteiger partial charge in [0.1, 0.15) is 0 Å². The van der Waals surface area contributed by atoms with Gasteiger partial charge in [0.05, 0.1) is 5.56 Å². The van der Waals surface area contributed by atoms with Gasteiger partial charge in [0.25, 0.3) is 5.91 Å². The topological polar surface area (TPSA) is 73.9 Å². The van der Waals surface area contributed by atoms with Crippen molar-refractivity contribution in [2.45, 2.75) is 39.7 Å². The molecule has 1 atom stereocenters. The highest BCUT2D eigenvalue weighted by molar-refractivity contribution is 5.98. The van der Waals surface area contributed by atoms with Crippen LogP contribution < -0.4 is 14.8 Å². The summed E-state index contributed by atoms with van der Waals surface area (Å²) in [5, 5.41) is 2.90. The largest absolute Gasteiger partial charge is 0.454 e. The lowest BCUT2D eigenvalue weighted by molar-refractivity contribution is -0.123. The second-order valence-corrected chi connectivity index (χ2v) is 6.80. The third kappa shape index (κ3) is 4.05. The standard InChI is InChI=1S/C21H23NO5/c1-12(2)16-7-5-6-13(3)19(16)22-20(23)14(4)27-21(24)15-8-9-17-18(10-15)26-11-25-17/h5-10,12,14H,11H2,1-4H3,(H,22,23)/t14-/m1/s1. The van der Waals surface area contributed by atoms with Gasteiger partial charge in [-0.1, -0.05) is 32.0 Å². The molecule has 0 unspecified atom stereocenters. The number of carbonyl (C=O) groups excluding carboxylic acids is 2. The van der Waals surface area contributed by atoms with Gasteiger partial charge in [-0.2, -0.15) is 0 Å². The summed E-state index contributed by atoms with van der Waals surface area (Å²) in [5.74, 6) is 0.359. The first kappa shape index (κ1) is 18.8. The van der Waals surface area contributed by atoms with E-state index >= 15 is 0 Å². The number of esters is 1. The van der Waals surface area contributed by atoms with E-state index in [0.29, 0.717) is 17.1 Å². The van der Waals surface area contributed by atoms with Crippen molar-refractivity contribution in [1.29, 1.82) is 0 Å². The molecule has 2 aromatic rings. The van der Waals surface area contributed by atoms with Crippen molar-refractivity contribution in [3.05, 3.63) is 53.1 Å². The number of nitrogens with one attached hydrogen (secondary N) is 1. The molecule has 0 aliphatic carbocycles. The van der Waals surface area contributed by atoms with E-state index in [9.17, 15) is 9.59 Å². The average Bonchev–Trinajstić information content (AvgIpc) is 3.10. The maximum atomic E-state index is 12.6. The summed E-state index contributed by atoms with van der Waals surface area (Å²) in [6.45, 7) is 7.74. The molecular formula is C21H23NO5. The Hall–Kier alpha value is -3.02. The van der Waals surface area contributed by atoms with E-state index in [1.165, 1.54) is 0 Å². The Kier molecular flexibility index (Phi) is 5.35. The molecule has 1 N–H and O–H groups in total. The predicted octanol–water partition coefficient (Wildman–Crippen LogP) is 4.03. The van der Waals surface area contributed by atoms with Gasteiger partial charge < -0.3 is 19.5 Å². The van der Waals surface area contributed by atoms with Crippen LogP contribution in [0.2, 0.25) is 0 Å². The first-order valence-corrected chi connectivity index (χ1v) is 8.88. The predicted molar refractivity (Wildman–Crippen MR) is 101 cm³/mol. The number of para-hydroxylation sites is 1. The second kappa shape index (κ2) is 7.70. The summed E-state index contributed by atoms with van der Waals surface area (Å²) in [6, 6.07) is 10.7. The molecule has 0 saturated carbocycles. The van der Waals surface area contributed by atoms with Crippen molar-refractivity contribution in [1.82, 2.24) is 0 Å². The van der Waals surface area contributed by atoms with Crippen LogP contribution in [-0.2, 0) is 9.53 Å². The maximum Gasteiger partial charge on any atom is 0.339 e. The van der Waals surface area contributed by atoms with Crippen molar-refractivity contribution in [2.75, 3.05) is 12.1 Å². The van der Waals surface area contributed by atoms with E-state index in [1.54, 1.807) is 25.1 Å². The molecular weight excluding hydrogens is 346 g/mol. The highest BCUT2D eigenvalue weighted by Crippen LogP contribution is 2.33. The van der Waals surface area contributed by atoms with Crippen molar-refractivity contribution < 1.29 is 23.8 Å². The van der Waals surface area contributed by atoms with Gasteiger partial charge in [-0.25, -0.2) is 4.79 Å². The van der Waals surface area contributed by atoms with Gasteiger partial charge in [-0.05, 0) is 49.1 Å². The number of anilines is 1. The van der Waals surface area contributed by atoms with Crippen LogP contribution in [-0.4, -0.2) is 24.8 Å². The molecule has 0 bridgehead atoms. The second-order valence-electron chi connectivity index (χ2n) is 6.80. The highest BCUT2D eigenvalue weighted by atomic mass is 16.7. The van der Waals surface area contributed by atoms with Crippen LogP contribution in [0.25, 0.3) is 0 Å². The highest BCUT2D eigenvalue weighted by Gasteiger charge is 2.23. The number of benzene rings is 2. The molecule has 0 aromatic heterocycles. The Labute approximate surface area is 158 Å². The number of carbonyl (C=O) groups is 2. The summed E-state index contributed by atoms with van der Waals surface area (Å²) >= 11 is 0. The minimum absolute atomic E-state index is 0.126.